The molecule has 1 amide bonds. The summed E-state index contributed by atoms with van der Waals surface area (Å²) in [7, 11) is 2.09. The normalized spacial score (nSPS) is 20.6. The van der Waals surface area contributed by atoms with E-state index in [-0.39, 0.29) is 12.0 Å². The molecule has 0 spiro atoms. The van der Waals surface area contributed by atoms with E-state index in [4.69, 9.17) is 4.74 Å². The molecule has 0 saturated carbocycles. The van der Waals surface area contributed by atoms with Gasteiger partial charge in [0.05, 0.1) is 12.7 Å². The lowest BCUT2D eigenvalue weighted by atomic mass is 10.2. The monoisotopic (exact) mass is 249 g/mol. The van der Waals surface area contributed by atoms with E-state index in [1.165, 1.54) is 0 Å². The highest BCUT2D eigenvalue weighted by atomic mass is 16.5. The smallest absolute Gasteiger partial charge is 0.269 e. The average Bonchev–Trinajstić information content (AvgIpc) is 2.40. The van der Waals surface area contributed by atoms with Crippen molar-refractivity contribution in [1.29, 1.82) is 0 Å². The number of ether oxygens (including phenoxy) is 1. The molecular weight excluding hydrogens is 230 g/mol. The van der Waals surface area contributed by atoms with E-state index in [1.807, 2.05) is 0 Å². The standard InChI is InChI=1S/C13H19N3O2/c1-16-8-9-18-11(10-16)5-7-15-13(17)12-4-2-3-6-14-12/h2-4,6,11H,5,7-10H2,1H3,(H,15,17). The minimum absolute atomic E-state index is 0.125. The number of carbonyl (C=O) groups excluding carboxylic acids is 1. The van der Waals surface area contributed by atoms with E-state index in [2.05, 4.69) is 22.2 Å². The number of amides is 1. The molecule has 0 aromatic carbocycles. The maximum absolute atomic E-state index is 11.7. The SMILES string of the molecule is CN1CCOC(CCNC(=O)c2ccccn2)C1. The maximum atomic E-state index is 11.7. The Morgan fingerprint density at radius 1 is 1.61 bits per heavy atom. The number of aromatic nitrogens is 1. The van der Waals surface area contributed by atoms with Crippen molar-refractivity contribution in [2.75, 3.05) is 33.3 Å². The van der Waals surface area contributed by atoms with Crippen molar-refractivity contribution in [2.24, 2.45) is 0 Å². The number of likely N-dealkylation sites (N-methyl/N-ethyl adjacent to an activating group) is 1. The summed E-state index contributed by atoms with van der Waals surface area (Å²) in [6.45, 7) is 3.31. The van der Waals surface area contributed by atoms with E-state index in [0.717, 1.165) is 26.1 Å². The molecule has 0 radical (unpaired) electrons. The Labute approximate surface area is 107 Å². The van der Waals surface area contributed by atoms with Gasteiger partial charge < -0.3 is 15.0 Å². The number of hydrogen-bond acceptors (Lipinski definition) is 4. The van der Waals surface area contributed by atoms with Crippen LogP contribution in [0.15, 0.2) is 24.4 Å². The number of pyridine rings is 1. The molecule has 5 nitrogen and oxygen atoms in total. The quantitative estimate of drug-likeness (QED) is 0.846. The fourth-order valence-corrected chi connectivity index (χ4v) is 1.98. The molecule has 0 bridgehead atoms. The van der Waals surface area contributed by atoms with Gasteiger partial charge in [-0.05, 0) is 25.6 Å². The molecule has 1 aromatic heterocycles. The Morgan fingerprint density at radius 3 is 3.22 bits per heavy atom. The number of nitrogens with zero attached hydrogens (tertiary/aromatic N) is 2. The van der Waals surface area contributed by atoms with E-state index in [0.29, 0.717) is 12.2 Å². The van der Waals surface area contributed by atoms with E-state index in [9.17, 15) is 4.79 Å². The third-order valence-corrected chi connectivity index (χ3v) is 2.99. The summed E-state index contributed by atoms with van der Waals surface area (Å²) in [6, 6.07) is 5.31. The second-order valence-electron chi connectivity index (χ2n) is 4.51. The van der Waals surface area contributed by atoms with Crippen LogP contribution in [-0.2, 0) is 4.74 Å². The first-order valence-corrected chi connectivity index (χ1v) is 6.25. The fourth-order valence-electron chi connectivity index (χ4n) is 1.98. The van der Waals surface area contributed by atoms with Crippen LogP contribution in [0.2, 0.25) is 0 Å². The second kappa shape index (κ2) is 6.47. The molecule has 1 aliphatic rings. The molecule has 1 N–H and O–H groups in total. The van der Waals surface area contributed by atoms with Crippen molar-refractivity contribution in [1.82, 2.24) is 15.2 Å². The molecule has 1 atom stereocenters. The van der Waals surface area contributed by atoms with Gasteiger partial charge in [-0.2, -0.15) is 0 Å². The molecule has 1 fully saturated rings. The summed E-state index contributed by atoms with van der Waals surface area (Å²) in [5.74, 6) is -0.125. The lowest BCUT2D eigenvalue weighted by Gasteiger charge is -2.30. The van der Waals surface area contributed by atoms with Crippen LogP contribution in [0.1, 0.15) is 16.9 Å². The number of hydrogen-bond donors (Lipinski definition) is 1. The van der Waals surface area contributed by atoms with Crippen molar-refractivity contribution in [2.45, 2.75) is 12.5 Å². The zero-order chi connectivity index (χ0) is 12.8. The molecule has 98 valence electrons. The number of nitrogens with one attached hydrogen (secondary N) is 1. The molecule has 0 aliphatic carbocycles. The van der Waals surface area contributed by atoms with E-state index < -0.39 is 0 Å². The van der Waals surface area contributed by atoms with Crippen molar-refractivity contribution in [3.8, 4) is 0 Å². The minimum atomic E-state index is -0.125. The lowest BCUT2D eigenvalue weighted by Crippen LogP contribution is -2.41. The van der Waals surface area contributed by atoms with Crippen molar-refractivity contribution in [3.63, 3.8) is 0 Å². The molecule has 2 heterocycles. The summed E-state index contributed by atoms with van der Waals surface area (Å²) < 4.78 is 5.63. The lowest BCUT2D eigenvalue weighted by molar-refractivity contribution is -0.0226. The Bertz CT molecular complexity index is 383. The zero-order valence-corrected chi connectivity index (χ0v) is 10.6. The van der Waals surface area contributed by atoms with Crippen LogP contribution in [-0.4, -0.2) is 55.2 Å². The predicted octanol–water partition coefficient (Wildman–Crippen LogP) is 0.532. The van der Waals surface area contributed by atoms with Crippen LogP contribution in [0.4, 0.5) is 0 Å². The van der Waals surface area contributed by atoms with Crippen molar-refractivity contribution in [3.05, 3.63) is 30.1 Å². The van der Waals surface area contributed by atoms with Gasteiger partial charge in [-0.25, -0.2) is 0 Å². The molecule has 2 rings (SSSR count). The van der Waals surface area contributed by atoms with E-state index in [1.54, 1.807) is 24.4 Å². The Balaban J connectivity index is 1.70. The molecule has 1 aromatic rings. The highest BCUT2D eigenvalue weighted by Crippen LogP contribution is 2.06. The Morgan fingerprint density at radius 2 is 2.50 bits per heavy atom. The van der Waals surface area contributed by atoms with Crippen LogP contribution < -0.4 is 5.32 Å². The summed E-state index contributed by atoms with van der Waals surface area (Å²) in [5.41, 5.74) is 0.458. The number of rotatable bonds is 4. The molecule has 1 saturated heterocycles. The van der Waals surface area contributed by atoms with Crippen LogP contribution in [0.25, 0.3) is 0 Å². The zero-order valence-electron chi connectivity index (χ0n) is 10.6. The van der Waals surface area contributed by atoms with Gasteiger partial charge in [0.1, 0.15) is 5.69 Å². The Hall–Kier alpha value is -1.46. The molecule has 5 heteroatoms. The van der Waals surface area contributed by atoms with Crippen molar-refractivity contribution >= 4 is 5.91 Å². The van der Waals surface area contributed by atoms with Crippen LogP contribution in [0.5, 0.6) is 0 Å². The average molecular weight is 249 g/mol. The van der Waals surface area contributed by atoms with Gasteiger partial charge in [0.2, 0.25) is 0 Å². The van der Waals surface area contributed by atoms with Gasteiger partial charge in [0.25, 0.3) is 5.91 Å². The topological polar surface area (TPSA) is 54.5 Å². The summed E-state index contributed by atoms with van der Waals surface area (Å²) in [4.78, 5) is 18.0. The van der Waals surface area contributed by atoms with Gasteiger partial charge in [-0.1, -0.05) is 6.07 Å². The summed E-state index contributed by atoms with van der Waals surface area (Å²) in [5, 5.41) is 2.86. The van der Waals surface area contributed by atoms with Crippen molar-refractivity contribution < 1.29 is 9.53 Å². The van der Waals surface area contributed by atoms with Crippen LogP contribution >= 0.6 is 0 Å². The predicted molar refractivity (Wildman–Crippen MR) is 68.4 cm³/mol. The molecule has 1 aliphatic heterocycles. The second-order valence-corrected chi connectivity index (χ2v) is 4.51. The number of morpholine rings is 1. The maximum Gasteiger partial charge on any atom is 0.269 e. The first-order chi connectivity index (χ1) is 8.75. The largest absolute Gasteiger partial charge is 0.375 e. The third-order valence-electron chi connectivity index (χ3n) is 2.99. The molecule has 18 heavy (non-hydrogen) atoms. The highest BCUT2D eigenvalue weighted by molar-refractivity contribution is 5.92. The third kappa shape index (κ3) is 3.78. The van der Waals surface area contributed by atoms with Crippen LogP contribution in [0, 0.1) is 0 Å². The van der Waals surface area contributed by atoms with Crippen LogP contribution in [0.3, 0.4) is 0 Å². The fraction of sp³-hybridized carbons (Fsp3) is 0.538. The molecule has 1 unspecified atom stereocenters. The van der Waals surface area contributed by atoms with Gasteiger partial charge >= 0.3 is 0 Å². The first-order valence-electron chi connectivity index (χ1n) is 6.25. The van der Waals surface area contributed by atoms with Gasteiger partial charge in [-0.15, -0.1) is 0 Å². The minimum Gasteiger partial charge on any atom is -0.375 e. The van der Waals surface area contributed by atoms with E-state index >= 15 is 0 Å². The summed E-state index contributed by atoms with van der Waals surface area (Å²) in [6.07, 6.45) is 2.67. The summed E-state index contributed by atoms with van der Waals surface area (Å²) >= 11 is 0. The van der Waals surface area contributed by atoms with Gasteiger partial charge in [0, 0.05) is 25.8 Å². The first kappa shape index (κ1) is 13.0. The molecular formula is C13H19N3O2. The highest BCUT2D eigenvalue weighted by Gasteiger charge is 2.17. The van der Waals surface area contributed by atoms with Gasteiger partial charge in [0.15, 0.2) is 0 Å². The Kier molecular flexibility index (Phi) is 4.66. The van der Waals surface area contributed by atoms with Gasteiger partial charge in [-0.3, -0.25) is 9.78 Å². The number of carbonyl (C=O) groups is 1.